The Kier molecular flexibility index (Phi) is 6.64. The molecule has 0 amide bonds. The Labute approximate surface area is 231 Å². The van der Waals surface area contributed by atoms with Gasteiger partial charge < -0.3 is 10.1 Å². The van der Waals surface area contributed by atoms with Gasteiger partial charge in [0.15, 0.2) is 0 Å². The molecular weight excluding hydrogens is 474 g/mol. The van der Waals surface area contributed by atoms with Gasteiger partial charge in [0, 0.05) is 16.8 Å². The van der Waals surface area contributed by atoms with Crippen molar-refractivity contribution in [3.05, 3.63) is 150 Å². The molecule has 2 heteroatoms. The normalized spacial score (nSPS) is 13.0. The van der Waals surface area contributed by atoms with Gasteiger partial charge in [0.1, 0.15) is 0 Å². The van der Waals surface area contributed by atoms with E-state index in [4.69, 9.17) is 4.74 Å². The first-order valence-corrected chi connectivity index (χ1v) is 13.5. The summed E-state index contributed by atoms with van der Waals surface area (Å²) in [7, 11) is 0. The van der Waals surface area contributed by atoms with Gasteiger partial charge >= 0.3 is 0 Å². The van der Waals surface area contributed by atoms with E-state index in [2.05, 4.69) is 135 Å². The Bertz CT molecular complexity index is 1610. The third kappa shape index (κ3) is 5.04. The molecule has 0 aromatic heterocycles. The molecule has 2 nitrogen and oxygen atoms in total. The third-order valence-electron chi connectivity index (χ3n) is 7.77. The first-order valence-electron chi connectivity index (χ1n) is 13.5. The van der Waals surface area contributed by atoms with Crippen molar-refractivity contribution in [3.8, 4) is 22.3 Å². The molecule has 6 rings (SSSR count). The zero-order valence-corrected chi connectivity index (χ0v) is 22.6. The number of benzene rings is 5. The highest BCUT2D eigenvalue weighted by molar-refractivity contribution is 5.83. The molecule has 1 N–H and O–H groups in total. The number of hydrogen-bond donors (Lipinski definition) is 1. The molecule has 1 aliphatic rings. The Balaban J connectivity index is 1.16. The monoisotopic (exact) mass is 507 g/mol. The van der Waals surface area contributed by atoms with Crippen LogP contribution in [0.15, 0.2) is 122 Å². The molecular formula is C37H33NO. The summed E-state index contributed by atoms with van der Waals surface area (Å²) in [6, 6.07) is 41.0. The summed E-state index contributed by atoms with van der Waals surface area (Å²) in [5, 5.41) is 3.61. The second-order valence-corrected chi connectivity index (χ2v) is 10.8. The standard InChI is InChI=1S/C37H33NO/c1-4-26-10-12-27(13-11-26)24-39-25-28-14-20-33-34-21-19-32(23-36(34)37(2,3)35(33)22-28)38-31-17-15-30(16-18-31)29-8-6-5-7-9-29/h4-23,38H,1,24-25H2,2-3H3. The van der Waals surface area contributed by atoms with Crippen LogP contribution in [-0.2, 0) is 23.4 Å². The molecule has 1 aliphatic carbocycles. The lowest BCUT2D eigenvalue weighted by Crippen LogP contribution is -2.15. The van der Waals surface area contributed by atoms with Crippen molar-refractivity contribution < 1.29 is 4.74 Å². The Morgan fingerprint density at radius 1 is 0.641 bits per heavy atom. The fourth-order valence-electron chi connectivity index (χ4n) is 5.53. The van der Waals surface area contributed by atoms with E-state index in [9.17, 15) is 0 Å². The van der Waals surface area contributed by atoms with E-state index in [0.717, 1.165) is 16.9 Å². The summed E-state index contributed by atoms with van der Waals surface area (Å²) in [5.74, 6) is 0. The molecule has 0 radical (unpaired) electrons. The highest BCUT2D eigenvalue weighted by atomic mass is 16.5. The Morgan fingerprint density at radius 3 is 1.95 bits per heavy atom. The number of fused-ring (bicyclic) bond motifs is 3. The molecule has 0 heterocycles. The van der Waals surface area contributed by atoms with E-state index in [1.807, 2.05) is 12.1 Å². The zero-order valence-electron chi connectivity index (χ0n) is 22.6. The van der Waals surface area contributed by atoms with Gasteiger partial charge in [-0.25, -0.2) is 0 Å². The molecule has 0 spiro atoms. The maximum atomic E-state index is 6.07. The van der Waals surface area contributed by atoms with E-state index < -0.39 is 0 Å². The lowest BCUT2D eigenvalue weighted by atomic mass is 9.82. The summed E-state index contributed by atoms with van der Waals surface area (Å²) in [4.78, 5) is 0. The van der Waals surface area contributed by atoms with Gasteiger partial charge in [0.2, 0.25) is 0 Å². The third-order valence-corrected chi connectivity index (χ3v) is 7.77. The first-order chi connectivity index (χ1) is 19.0. The van der Waals surface area contributed by atoms with E-state index in [-0.39, 0.29) is 5.41 Å². The SMILES string of the molecule is C=Cc1ccc(COCc2ccc3c(c2)C(C)(C)c2cc(Nc4ccc(-c5ccccc5)cc4)ccc2-3)cc1. The highest BCUT2D eigenvalue weighted by Crippen LogP contribution is 2.49. The molecule has 192 valence electrons. The summed E-state index contributed by atoms with van der Waals surface area (Å²) < 4.78 is 6.07. The molecule has 0 saturated heterocycles. The van der Waals surface area contributed by atoms with Gasteiger partial charge in [0.05, 0.1) is 13.2 Å². The molecule has 0 bridgehead atoms. The van der Waals surface area contributed by atoms with Crippen LogP contribution in [-0.4, -0.2) is 0 Å². The van der Waals surface area contributed by atoms with Gasteiger partial charge in [-0.05, 0) is 74.3 Å². The van der Waals surface area contributed by atoms with Crippen molar-refractivity contribution in [2.24, 2.45) is 0 Å². The topological polar surface area (TPSA) is 21.3 Å². The average Bonchev–Trinajstić information content (AvgIpc) is 3.20. The van der Waals surface area contributed by atoms with Gasteiger partial charge in [-0.3, -0.25) is 0 Å². The molecule has 0 aliphatic heterocycles. The minimum Gasteiger partial charge on any atom is -0.372 e. The van der Waals surface area contributed by atoms with E-state index in [1.54, 1.807) is 0 Å². The van der Waals surface area contributed by atoms with E-state index >= 15 is 0 Å². The van der Waals surface area contributed by atoms with E-state index in [0.29, 0.717) is 13.2 Å². The molecule has 5 aromatic carbocycles. The molecule has 39 heavy (non-hydrogen) atoms. The van der Waals surface area contributed by atoms with Crippen LogP contribution in [0.25, 0.3) is 28.3 Å². The maximum absolute atomic E-state index is 6.07. The second kappa shape index (κ2) is 10.4. The van der Waals surface area contributed by atoms with Crippen molar-refractivity contribution in [3.63, 3.8) is 0 Å². The van der Waals surface area contributed by atoms with Crippen molar-refractivity contribution in [1.82, 2.24) is 0 Å². The zero-order chi connectivity index (χ0) is 26.8. The van der Waals surface area contributed by atoms with Crippen molar-refractivity contribution in [1.29, 1.82) is 0 Å². The quantitative estimate of drug-likeness (QED) is 0.226. The number of hydrogen-bond acceptors (Lipinski definition) is 2. The van der Waals surface area contributed by atoms with Crippen LogP contribution in [0.4, 0.5) is 11.4 Å². The highest BCUT2D eigenvalue weighted by Gasteiger charge is 2.35. The van der Waals surface area contributed by atoms with E-state index in [1.165, 1.54) is 44.5 Å². The van der Waals surface area contributed by atoms with Crippen molar-refractivity contribution >= 4 is 17.5 Å². The number of anilines is 2. The lowest BCUT2D eigenvalue weighted by molar-refractivity contribution is 0.107. The van der Waals surface area contributed by atoms with Crippen LogP contribution in [0.3, 0.4) is 0 Å². The number of nitrogens with one attached hydrogen (secondary N) is 1. The predicted octanol–water partition coefficient (Wildman–Crippen LogP) is 9.76. The molecule has 0 unspecified atom stereocenters. The second-order valence-electron chi connectivity index (χ2n) is 10.8. The molecule has 5 aromatic rings. The molecule has 0 saturated carbocycles. The number of ether oxygens (including phenoxy) is 1. The van der Waals surface area contributed by atoms with Gasteiger partial charge in [-0.2, -0.15) is 0 Å². The van der Waals surface area contributed by atoms with Gasteiger partial charge in [-0.1, -0.05) is 117 Å². The number of rotatable bonds is 8. The van der Waals surface area contributed by atoms with Crippen LogP contribution in [0.2, 0.25) is 0 Å². The fourth-order valence-corrected chi connectivity index (χ4v) is 5.53. The van der Waals surface area contributed by atoms with Crippen molar-refractivity contribution in [2.75, 3.05) is 5.32 Å². The Morgan fingerprint density at radius 2 is 1.23 bits per heavy atom. The van der Waals surface area contributed by atoms with Gasteiger partial charge in [0.25, 0.3) is 0 Å². The maximum Gasteiger partial charge on any atom is 0.0721 e. The first kappa shape index (κ1) is 24.9. The summed E-state index contributed by atoms with van der Waals surface area (Å²) in [6.07, 6.45) is 1.86. The molecule has 0 atom stereocenters. The molecule has 0 fully saturated rings. The Hall–Kier alpha value is -4.40. The largest absolute Gasteiger partial charge is 0.372 e. The summed E-state index contributed by atoms with van der Waals surface area (Å²) in [5.41, 5.74) is 13.4. The van der Waals surface area contributed by atoms with Gasteiger partial charge in [-0.15, -0.1) is 0 Å². The fraction of sp³-hybridized carbons (Fsp3) is 0.135. The van der Waals surface area contributed by atoms with Crippen molar-refractivity contribution in [2.45, 2.75) is 32.5 Å². The average molecular weight is 508 g/mol. The van der Waals surface area contributed by atoms with Crippen LogP contribution in [0.1, 0.15) is 41.7 Å². The minimum atomic E-state index is -0.0872. The smallest absolute Gasteiger partial charge is 0.0721 e. The van der Waals surface area contributed by atoms with Crippen LogP contribution >= 0.6 is 0 Å². The van der Waals surface area contributed by atoms with Crippen LogP contribution < -0.4 is 5.32 Å². The minimum absolute atomic E-state index is 0.0872. The van der Waals surface area contributed by atoms with Crippen LogP contribution in [0.5, 0.6) is 0 Å². The summed E-state index contributed by atoms with van der Waals surface area (Å²) >= 11 is 0. The predicted molar refractivity (Wildman–Crippen MR) is 164 cm³/mol. The summed E-state index contributed by atoms with van der Waals surface area (Å²) in [6.45, 7) is 9.65. The lowest BCUT2D eigenvalue weighted by Gasteiger charge is -2.22. The van der Waals surface area contributed by atoms with Crippen LogP contribution in [0, 0.1) is 0 Å².